The summed E-state index contributed by atoms with van der Waals surface area (Å²) >= 11 is 0. The van der Waals surface area contributed by atoms with Crippen LogP contribution in [-0.4, -0.2) is 47.8 Å². The van der Waals surface area contributed by atoms with Crippen molar-refractivity contribution < 1.29 is 18.4 Å². The highest BCUT2D eigenvalue weighted by molar-refractivity contribution is 5.98. The van der Waals surface area contributed by atoms with Gasteiger partial charge in [-0.3, -0.25) is 9.59 Å². The molecule has 7 heteroatoms. The summed E-state index contributed by atoms with van der Waals surface area (Å²) < 4.78 is 18.9. The predicted octanol–water partition coefficient (Wildman–Crippen LogP) is 4.59. The maximum atomic E-state index is 13.3. The summed E-state index contributed by atoms with van der Waals surface area (Å²) in [5.41, 5.74) is 2.81. The number of nitrogens with zero attached hydrogens (tertiary/aromatic N) is 3. The number of hydrogen-bond acceptors (Lipinski definition) is 5. The van der Waals surface area contributed by atoms with Gasteiger partial charge in [0.15, 0.2) is 11.7 Å². The summed E-state index contributed by atoms with van der Waals surface area (Å²) in [6.45, 7) is 7.89. The minimum absolute atomic E-state index is 0.0325. The van der Waals surface area contributed by atoms with Crippen molar-refractivity contribution >= 4 is 17.4 Å². The zero-order valence-electron chi connectivity index (χ0n) is 18.5. The Hall–Kier alpha value is -3.48. The minimum atomic E-state index is -0.348. The van der Waals surface area contributed by atoms with Gasteiger partial charge in [-0.05, 0) is 48.5 Å². The first-order valence-corrected chi connectivity index (χ1v) is 10.8. The normalized spacial score (nSPS) is 14.2. The van der Waals surface area contributed by atoms with E-state index in [1.165, 1.54) is 12.1 Å². The highest BCUT2D eigenvalue weighted by atomic mass is 19.1. The van der Waals surface area contributed by atoms with Gasteiger partial charge in [0.05, 0.1) is 0 Å². The maximum Gasteiger partial charge on any atom is 0.292 e. The Morgan fingerprint density at radius 2 is 1.59 bits per heavy atom. The second kappa shape index (κ2) is 8.94. The largest absolute Gasteiger partial charge is 0.435 e. The number of carbonyl (C=O) groups excluding carboxylic acids is 2. The molecular formula is C25H26FN3O3. The van der Waals surface area contributed by atoms with E-state index in [4.69, 9.17) is 4.42 Å². The van der Waals surface area contributed by atoms with Crippen LogP contribution in [0.4, 0.5) is 10.1 Å². The third-order valence-electron chi connectivity index (χ3n) is 5.65. The van der Waals surface area contributed by atoms with Crippen LogP contribution in [0, 0.1) is 18.7 Å². The summed E-state index contributed by atoms with van der Waals surface area (Å²) in [5, 5.41) is 0. The van der Waals surface area contributed by atoms with Crippen LogP contribution in [0.3, 0.4) is 0 Å². The molecular weight excluding hydrogens is 409 g/mol. The van der Waals surface area contributed by atoms with E-state index < -0.39 is 0 Å². The number of amides is 1. The van der Waals surface area contributed by atoms with Gasteiger partial charge < -0.3 is 14.2 Å². The molecule has 1 aliphatic heterocycles. The smallest absolute Gasteiger partial charge is 0.292 e. The molecule has 0 saturated carbocycles. The minimum Gasteiger partial charge on any atom is -0.435 e. The van der Waals surface area contributed by atoms with Crippen LogP contribution in [0.2, 0.25) is 0 Å². The molecule has 0 N–H and O–H groups in total. The maximum absolute atomic E-state index is 13.3. The topological polar surface area (TPSA) is 66.7 Å². The molecule has 1 aliphatic rings. The Kier molecular flexibility index (Phi) is 6.08. The molecule has 1 saturated heterocycles. The molecule has 2 heterocycles. The Morgan fingerprint density at radius 3 is 2.19 bits per heavy atom. The number of anilines is 1. The van der Waals surface area contributed by atoms with Crippen LogP contribution in [-0.2, 0) is 0 Å². The van der Waals surface area contributed by atoms with Crippen molar-refractivity contribution in [3.8, 4) is 11.3 Å². The van der Waals surface area contributed by atoms with Crippen molar-refractivity contribution in [1.82, 2.24) is 9.88 Å². The van der Waals surface area contributed by atoms with Gasteiger partial charge in [-0.2, -0.15) is 0 Å². The number of oxazole rings is 1. The van der Waals surface area contributed by atoms with Crippen LogP contribution < -0.4 is 4.90 Å². The van der Waals surface area contributed by atoms with Gasteiger partial charge in [0.2, 0.25) is 5.76 Å². The third-order valence-corrected chi connectivity index (χ3v) is 5.65. The van der Waals surface area contributed by atoms with Crippen LogP contribution in [0.25, 0.3) is 11.3 Å². The lowest BCUT2D eigenvalue weighted by Gasteiger charge is -2.35. The van der Waals surface area contributed by atoms with Gasteiger partial charge >= 0.3 is 0 Å². The van der Waals surface area contributed by atoms with Crippen molar-refractivity contribution in [2.75, 3.05) is 31.1 Å². The standard InChI is InChI=1S/C25H26FN3O3/c1-16(2)23(30)19-6-10-21(11-7-19)28-12-14-29(15-13-28)25(31)24-22(27-17(3)32-24)18-4-8-20(26)9-5-18/h4-11,16H,12-15H2,1-3H3. The summed E-state index contributed by atoms with van der Waals surface area (Å²) in [7, 11) is 0. The van der Waals surface area contributed by atoms with Crippen molar-refractivity contribution in [2.45, 2.75) is 20.8 Å². The zero-order chi connectivity index (χ0) is 22.8. The van der Waals surface area contributed by atoms with Gasteiger partial charge in [-0.25, -0.2) is 9.37 Å². The Labute approximate surface area is 186 Å². The summed E-state index contributed by atoms with van der Waals surface area (Å²) in [6, 6.07) is 13.5. The lowest BCUT2D eigenvalue weighted by atomic mass is 10.0. The van der Waals surface area contributed by atoms with Crippen molar-refractivity contribution in [2.24, 2.45) is 5.92 Å². The molecule has 0 radical (unpaired) electrons. The molecule has 1 amide bonds. The van der Waals surface area contributed by atoms with Crippen LogP contribution in [0.1, 0.15) is 40.7 Å². The molecule has 0 aliphatic carbocycles. The monoisotopic (exact) mass is 435 g/mol. The molecule has 6 nitrogen and oxygen atoms in total. The van der Waals surface area contributed by atoms with Crippen LogP contribution >= 0.6 is 0 Å². The Balaban J connectivity index is 1.44. The molecule has 2 aromatic carbocycles. The number of aryl methyl sites for hydroxylation is 1. The SMILES string of the molecule is Cc1nc(-c2ccc(F)cc2)c(C(=O)N2CCN(c3ccc(C(=O)C(C)C)cc3)CC2)o1. The number of halogens is 1. The van der Waals surface area contributed by atoms with E-state index in [0.717, 1.165) is 5.69 Å². The molecule has 1 aromatic heterocycles. The zero-order valence-corrected chi connectivity index (χ0v) is 18.5. The van der Waals surface area contributed by atoms with E-state index in [2.05, 4.69) is 9.88 Å². The van der Waals surface area contributed by atoms with E-state index >= 15 is 0 Å². The molecule has 3 aromatic rings. The van der Waals surface area contributed by atoms with Crippen molar-refractivity contribution in [3.05, 3.63) is 71.6 Å². The fourth-order valence-electron chi connectivity index (χ4n) is 3.86. The van der Waals surface area contributed by atoms with E-state index in [1.807, 2.05) is 38.1 Å². The number of Topliss-reactive ketones (excluding diaryl/α,β-unsaturated/α-hetero) is 1. The first-order valence-electron chi connectivity index (χ1n) is 10.8. The van der Waals surface area contributed by atoms with E-state index in [1.54, 1.807) is 24.0 Å². The second-order valence-corrected chi connectivity index (χ2v) is 8.26. The summed E-state index contributed by atoms with van der Waals surface area (Å²) in [4.78, 5) is 33.6. The van der Waals surface area contributed by atoms with Gasteiger partial charge in [0.25, 0.3) is 5.91 Å². The predicted molar refractivity (Wildman–Crippen MR) is 120 cm³/mol. The van der Waals surface area contributed by atoms with E-state index in [0.29, 0.717) is 48.9 Å². The number of hydrogen-bond donors (Lipinski definition) is 0. The molecule has 0 atom stereocenters. The molecule has 4 rings (SSSR count). The van der Waals surface area contributed by atoms with Gasteiger partial charge in [-0.15, -0.1) is 0 Å². The average Bonchev–Trinajstić information content (AvgIpc) is 3.20. The number of rotatable bonds is 5. The summed E-state index contributed by atoms with van der Waals surface area (Å²) in [5.74, 6) is 0.102. The van der Waals surface area contributed by atoms with Gasteiger partial charge in [0, 0.05) is 55.8 Å². The van der Waals surface area contributed by atoms with Gasteiger partial charge in [0.1, 0.15) is 11.5 Å². The number of benzene rings is 2. The molecule has 0 bridgehead atoms. The fraction of sp³-hybridized carbons (Fsp3) is 0.320. The summed E-state index contributed by atoms with van der Waals surface area (Å²) in [6.07, 6.45) is 0. The first kappa shape index (κ1) is 21.7. The fourth-order valence-corrected chi connectivity index (χ4v) is 3.86. The highest BCUT2D eigenvalue weighted by Gasteiger charge is 2.28. The Bertz CT molecular complexity index is 1110. The van der Waals surface area contributed by atoms with Crippen molar-refractivity contribution in [1.29, 1.82) is 0 Å². The molecule has 0 spiro atoms. The quantitative estimate of drug-likeness (QED) is 0.549. The number of carbonyl (C=O) groups is 2. The van der Waals surface area contributed by atoms with Crippen LogP contribution in [0.5, 0.6) is 0 Å². The molecule has 0 unspecified atom stereocenters. The van der Waals surface area contributed by atoms with Crippen LogP contribution in [0.15, 0.2) is 52.9 Å². The lowest BCUT2D eigenvalue weighted by Crippen LogP contribution is -2.48. The first-order chi connectivity index (χ1) is 15.3. The molecule has 166 valence electrons. The number of piperazine rings is 1. The number of ketones is 1. The lowest BCUT2D eigenvalue weighted by molar-refractivity contribution is 0.0714. The van der Waals surface area contributed by atoms with E-state index in [9.17, 15) is 14.0 Å². The van der Waals surface area contributed by atoms with E-state index in [-0.39, 0.29) is 29.2 Å². The second-order valence-electron chi connectivity index (χ2n) is 8.26. The van der Waals surface area contributed by atoms with Gasteiger partial charge in [-0.1, -0.05) is 13.8 Å². The average molecular weight is 435 g/mol. The molecule has 1 fully saturated rings. The molecule has 32 heavy (non-hydrogen) atoms. The highest BCUT2D eigenvalue weighted by Crippen LogP contribution is 2.26. The van der Waals surface area contributed by atoms with Crippen molar-refractivity contribution in [3.63, 3.8) is 0 Å². The Morgan fingerprint density at radius 1 is 0.969 bits per heavy atom. The third kappa shape index (κ3) is 4.42. The number of aromatic nitrogens is 1.